The summed E-state index contributed by atoms with van der Waals surface area (Å²) in [5.74, 6) is -0.409. The van der Waals surface area contributed by atoms with Gasteiger partial charge in [-0.05, 0) is 24.6 Å². The van der Waals surface area contributed by atoms with E-state index in [0.717, 1.165) is 0 Å². The lowest BCUT2D eigenvalue weighted by Crippen LogP contribution is -2.34. The van der Waals surface area contributed by atoms with Crippen molar-refractivity contribution in [2.45, 2.75) is 32.7 Å². The molecule has 104 valence electrons. The number of nitrogens with two attached hydrogens (primary N) is 1. The van der Waals surface area contributed by atoms with Crippen LogP contribution in [-0.2, 0) is 9.59 Å². The maximum absolute atomic E-state index is 11.7. The molecule has 0 saturated carbocycles. The van der Waals surface area contributed by atoms with Gasteiger partial charge in [-0.15, -0.1) is 0 Å². The van der Waals surface area contributed by atoms with Gasteiger partial charge in [-0.25, -0.2) is 0 Å². The second kappa shape index (κ2) is 7.11. The Morgan fingerprint density at radius 2 is 2.00 bits per heavy atom. The summed E-state index contributed by atoms with van der Waals surface area (Å²) >= 11 is 5.99. The molecular weight excluding hydrogens is 266 g/mol. The number of carbonyl (C=O) groups excluding carboxylic acids is 2. The largest absolute Gasteiger partial charge is 0.326 e. The zero-order chi connectivity index (χ0) is 14.4. The molecule has 0 bridgehead atoms. The topological polar surface area (TPSA) is 84.2 Å². The summed E-state index contributed by atoms with van der Waals surface area (Å²) in [6.07, 6.45) is 0.917. The van der Waals surface area contributed by atoms with Crippen LogP contribution in [0.15, 0.2) is 18.2 Å². The molecule has 0 saturated heterocycles. The third kappa shape index (κ3) is 4.54. The number of benzene rings is 1. The molecule has 19 heavy (non-hydrogen) atoms. The second-order valence-electron chi connectivity index (χ2n) is 4.10. The van der Waals surface area contributed by atoms with E-state index in [1.54, 1.807) is 25.1 Å². The van der Waals surface area contributed by atoms with Crippen molar-refractivity contribution in [2.75, 3.05) is 10.6 Å². The van der Waals surface area contributed by atoms with Crippen molar-refractivity contribution in [1.29, 1.82) is 0 Å². The number of carbonyl (C=O) groups is 2. The average Bonchev–Trinajstić information content (AvgIpc) is 2.41. The molecule has 5 nitrogen and oxygen atoms in total. The molecular formula is C13H18ClN3O2. The van der Waals surface area contributed by atoms with Crippen molar-refractivity contribution < 1.29 is 9.59 Å². The number of halogens is 1. The summed E-state index contributed by atoms with van der Waals surface area (Å²) in [5.41, 5.74) is 6.64. The van der Waals surface area contributed by atoms with E-state index in [1.807, 2.05) is 6.92 Å². The molecule has 0 fully saturated rings. The highest BCUT2D eigenvalue weighted by atomic mass is 35.5. The molecule has 0 spiro atoms. The van der Waals surface area contributed by atoms with Crippen molar-refractivity contribution in [1.82, 2.24) is 0 Å². The Bertz CT molecular complexity index is 477. The quantitative estimate of drug-likeness (QED) is 0.775. The maximum Gasteiger partial charge on any atom is 0.241 e. The van der Waals surface area contributed by atoms with Crippen molar-refractivity contribution in [3.63, 3.8) is 0 Å². The number of anilines is 2. The van der Waals surface area contributed by atoms with Gasteiger partial charge in [-0.1, -0.05) is 25.4 Å². The van der Waals surface area contributed by atoms with Gasteiger partial charge < -0.3 is 16.4 Å². The smallest absolute Gasteiger partial charge is 0.241 e. The molecule has 0 aliphatic heterocycles. The highest BCUT2D eigenvalue weighted by molar-refractivity contribution is 6.34. The summed E-state index contributed by atoms with van der Waals surface area (Å²) in [4.78, 5) is 23.0. The van der Waals surface area contributed by atoms with Crippen LogP contribution in [0.2, 0.25) is 5.02 Å². The SMILES string of the molecule is CCC(=O)Nc1ccc(Cl)c(NC(=O)[C@@H](N)CC)c1. The fraction of sp³-hybridized carbons (Fsp3) is 0.385. The lowest BCUT2D eigenvalue weighted by Gasteiger charge is -2.13. The lowest BCUT2D eigenvalue weighted by molar-refractivity contribution is -0.117. The first-order valence-electron chi connectivity index (χ1n) is 6.13. The minimum absolute atomic E-state index is 0.107. The van der Waals surface area contributed by atoms with Crippen LogP contribution in [0, 0.1) is 0 Å². The van der Waals surface area contributed by atoms with Gasteiger partial charge in [0.25, 0.3) is 0 Å². The molecule has 1 aromatic carbocycles. The monoisotopic (exact) mass is 283 g/mol. The first kappa shape index (κ1) is 15.5. The van der Waals surface area contributed by atoms with Gasteiger partial charge in [0.1, 0.15) is 0 Å². The Kier molecular flexibility index (Phi) is 5.79. The Hall–Kier alpha value is -1.59. The van der Waals surface area contributed by atoms with E-state index >= 15 is 0 Å². The number of hydrogen-bond donors (Lipinski definition) is 3. The molecule has 1 aromatic rings. The van der Waals surface area contributed by atoms with Crippen LogP contribution >= 0.6 is 11.6 Å². The molecule has 0 aromatic heterocycles. The van der Waals surface area contributed by atoms with Crippen LogP contribution in [0.1, 0.15) is 26.7 Å². The van der Waals surface area contributed by atoms with Gasteiger partial charge in [0.2, 0.25) is 11.8 Å². The zero-order valence-electron chi connectivity index (χ0n) is 11.0. The second-order valence-corrected chi connectivity index (χ2v) is 4.51. The van der Waals surface area contributed by atoms with Gasteiger partial charge in [-0.3, -0.25) is 9.59 Å². The highest BCUT2D eigenvalue weighted by Gasteiger charge is 2.13. The van der Waals surface area contributed by atoms with Crippen molar-refractivity contribution in [2.24, 2.45) is 5.73 Å². The van der Waals surface area contributed by atoms with E-state index in [9.17, 15) is 9.59 Å². The molecule has 1 atom stereocenters. The molecule has 0 radical (unpaired) electrons. The Balaban J connectivity index is 2.85. The standard InChI is InChI=1S/C13H18ClN3O2/c1-3-10(15)13(19)17-11-7-8(5-6-9(11)14)16-12(18)4-2/h5-7,10H,3-4,15H2,1-2H3,(H,16,18)(H,17,19)/t10-/m0/s1. The summed E-state index contributed by atoms with van der Waals surface area (Å²) in [7, 11) is 0. The number of rotatable bonds is 5. The molecule has 4 N–H and O–H groups in total. The van der Waals surface area contributed by atoms with Crippen molar-refractivity contribution in [3.05, 3.63) is 23.2 Å². The molecule has 1 rings (SSSR count). The summed E-state index contributed by atoms with van der Waals surface area (Å²) < 4.78 is 0. The molecule has 0 aliphatic rings. The predicted molar refractivity (Wildman–Crippen MR) is 77.3 cm³/mol. The van der Waals surface area contributed by atoms with E-state index in [-0.39, 0.29) is 11.8 Å². The first-order chi connectivity index (χ1) is 8.97. The van der Waals surface area contributed by atoms with E-state index in [0.29, 0.717) is 29.2 Å². The predicted octanol–water partition coefficient (Wildman–Crippen LogP) is 2.36. The highest BCUT2D eigenvalue weighted by Crippen LogP contribution is 2.25. The fourth-order valence-electron chi connectivity index (χ4n) is 1.36. The number of nitrogens with one attached hydrogen (secondary N) is 2. The van der Waals surface area contributed by atoms with Gasteiger partial charge in [0, 0.05) is 12.1 Å². The molecule has 0 aliphatic carbocycles. The van der Waals surface area contributed by atoms with E-state index in [2.05, 4.69) is 10.6 Å². The van der Waals surface area contributed by atoms with Crippen LogP contribution in [0.4, 0.5) is 11.4 Å². The summed E-state index contributed by atoms with van der Waals surface area (Å²) in [6.45, 7) is 3.58. The Labute approximate surface area is 117 Å². The summed E-state index contributed by atoms with van der Waals surface area (Å²) in [5, 5.41) is 5.74. The summed E-state index contributed by atoms with van der Waals surface area (Å²) in [6, 6.07) is 4.31. The van der Waals surface area contributed by atoms with Gasteiger partial charge in [-0.2, -0.15) is 0 Å². The minimum atomic E-state index is -0.579. The van der Waals surface area contributed by atoms with Crippen LogP contribution < -0.4 is 16.4 Å². The Morgan fingerprint density at radius 1 is 1.32 bits per heavy atom. The maximum atomic E-state index is 11.7. The zero-order valence-corrected chi connectivity index (χ0v) is 11.8. The van der Waals surface area contributed by atoms with Gasteiger partial charge >= 0.3 is 0 Å². The normalized spacial score (nSPS) is 11.8. The molecule has 0 heterocycles. The van der Waals surface area contributed by atoms with Crippen LogP contribution in [0.5, 0.6) is 0 Å². The third-order valence-electron chi connectivity index (χ3n) is 2.61. The Morgan fingerprint density at radius 3 is 2.58 bits per heavy atom. The minimum Gasteiger partial charge on any atom is -0.326 e. The van der Waals surface area contributed by atoms with E-state index in [4.69, 9.17) is 17.3 Å². The van der Waals surface area contributed by atoms with Crippen LogP contribution in [-0.4, -0.2) is 17.9 Å². The molecule has 2 amide bonds. The van der Waals surface area contributed by atoms with Crippen molar-refractivity contribution >= 4 is 34.8 Å². The first-order valence-corrected chi connectivity index (χ1v) is 6.51. The van der Waals surface area contributed by atoms with Crippen LogP contribution in [0.3, 0.4) is 0 Å². The van der Waals surface area contributed by atoms with Crippen molar-refractivity contribution in [3.8, 4) is 0 Å². The van der Waals surface area contributed by atoms with Crippen LogP contribution in [0.25, 0.3) is 0 Å². The van der Waals surface area contributed by atoms with Gasteiger partial charge in [0.05, 0.1) is 16.8 Å². The fourth-order valence-corrected chi connectivity index (χ4v) is 1.52. The van der Waals surface area contributed by atoms with E-state index in [1.165, 1.54) is 0 Å². The van der Waals surface area contributed by atoms with E-state index < -0.39 is 6.04 Å². The average molecular weight is 284 g/mol. The van der Waals surface area contributed by atoms with Gasteiger partial charge in [0.15, 0.2) is 0 Å². The third-order valence-corrected chi connectivity index (χ3v) is 2.94. The lowest BCUT2D eigenvalue weighted by atomic mass is 10.2. The molecule has 6 heteroatoms. The number of amides is 2. The molecule has 0 unspecified atom stereocenters. The number of hydrogen-bond acceptors (Lipinski definition) is 3.